The topological polar surface area (TPSA) is 82.2 Å². The molecule has 3 rings (SSSR count). The highest BCUT2D eigenvalue weighted by Crippen LogP contribution is 2.30. The van der Waals surface area contributed by atoms with Crippen LogP contribution < -0.4 is 4.90 Å². The summed E-state index contributed by atoms with van der Waals surface area (Å²) in [6.45, 7) is 1.64. The summed E-state index contributed by atoms with van der Waals surface area (Å²) in [4.78, 5) is 13.4. The van der Waals surface area contributed by atoms with E-state index in [1.54, 1.807) is 12.1 Å². The Hall–Kier alpha value is -2.08. The zero-order chi connectivity index (χ0) is 18.0. The lowest BCUT2D eigenvalue weighted by atomic mass is 9.84. The second-order valence-corrected chi connectivity index (χ2v) is 7.03. The number of phenols is 2. The first-order valence-electron chi connectivity index (χ1n) is 8.24. The Balaban J connectivity index is 1.61. The monoisotopic (exact) mass is 362 g/mol. The number of halogens is 1. The molecule has 0 amide bonds. The van der Waals surface area contributed by atoms with E-state index in [9.17, 15) is 20.1 Å². The lowest BCUT2D eigenvalue weighted by Gasteiger charge is -2.36. The molecule has 0 spiro atoms. The minimum Gasteiger partial charge on any atom is -0.504 e. The van der Waals surface area contributed by atoms with Crippen LogP contribution in [-0.2, 0) is 5.60 Å². The Labute approximate surface area is 151 Å². The Morgan fingerprint density at radius 3 is 2.28 bits per heavy atom. The molecule has 25 heavy (non-hydrogen) atoms. The summed E-state index contributed by atoms with van der Waals surface area (Å²) in [5.74, 6) is -0.631. The van der Waals surface area contributed by atoms with Crippen LogP contribution in [0.25, 0.3) is 0 Å². The Kier molecular flexibility index (Phi) is 4.99. The van der Waals surface area contributed by atoms with Crippen LogP contribution in [0.15, 0.2) is 42.5 Å². The van der Waals surface area contributed by atoms with Gasteiger partial charge in [0, 0.05) is 23.4 Å². The van der Waals surface area contributed by atoms with Crippen molar-refractivity contribution in [2.24, 2.45) is 0 Å². The fraction of sp³-hybridized carbons (Fsp3) is 0.316. The number of benzene rings is 2. The van der Waals surface area contributed by atoms with E-state index < -0.39 is 5.60 Å². The molecular formula is C19H21ClNO4+. The number of carbonyl (C=O) groups is 1. The van der Waals surface area contributed by atoms with E-state index >= 15 is 0 Å². The Morgan fingerprint density at radius 1 is 1.04 bits per heavy atom. The second-order valence-electron chi connectivity index (χ2n) is 6.59. The van der Waals surface area contributed by atoms with Crippen LogP contribution in [0.4, 0.5) is 0 Å². The third-order valence-corrected chi connectivity index (χ3v) is 5.13. The first-order valence-corrected chi connectivity index (χ1v) is 8.62. The number of phenolic OH excluding ortho intramolecular Hbond substituents is 2. The van der Waals surface area contributed by atoms with Crippen LogP contribution in [0, 0.1) is 0 Å². The first-order chi connectivity index (χ1) is 11.9. The van der Waals surface area contributed by atoms with Crippen molar-refractivity contribution >= 4 is 17.4 Å². The van der Waals surface area contributed by atoms with Gasteiger partial charge in [0.2, 0.25) is 5.78 Å². The summed E-state index contributed by atoms with van der Waals surface area (Å²) >= 11 is 5.90. The number of Topliss-reactive ketones (excluding diaryl/α,β-unsaturated/α-hetero) is 1. The minimum absolute atomic E-state index is 0.0952. The molecule has 2 aromatic carbocycles. The molecule has 0 saturated carbocycles. The van der Waals surface area contributed by atoms with Gasteiger partial charge in [0.1, 0.15) is 12.1 Å². The number of nitrogens with one attached hydrogen (secondary N) is 1. The van der Waals surface area contributed by atoms with Crippen molar-refractivity contribution in [3.63, 3.8) is 0 Å². The average molecular weight is 363 g/mol. The fourth-order valence-electron chi connectivity index (χ4n) is 3.27. The van der Waals surface area contributed by atoms with E-state index in [0.29, 0.717) is 43.1 Å². The number of hydrogen-bond donors (Lipinski definition) is 4. The van der Waals surface area contributed by atoms with E-state index in [1.807, 2.05) is 12.1 Å². The molecule has 1 fully saturated rings. The molecule has 132 valence electrons. The Bertz CT molecular complexity index is 767. The molecule has 6 heteroatoms. The van der Waals surface area contributed by atoms with Gasteiger partial charge in [0.25, 0.3) is 0 Å². The molecule has 1 aliphatic rings. The van der Waals surface area contributed by atoms with Gasteiger partial charge < -0.3 is 20.2 Å². The molecular weight excluding hydrogens is 342 g/mol. The van der Waals surface area contributed by atoms with Crippen molar-refractivity contribution in [3.8, 4) is 11.5 Å². The van der Waals surface area contributed by atoms with E-state index in [2.05, 4.69) is 0 Å². The lowest BCUT2D eigenvalue weighted by Crippen LogP contribution is -3.14. The summed E-state index contributed by atoms with van der Waals surface area (Å²) in [6.07, 6.45) is 1.14. The number of likely N-dealkylation sites (tertiary alicyclic amines) is 1. The van der Waals surface area contributed by atoms with Crippen LogP contribution in [0.3, 0.4) is 0 Å². The minimum atomic E-state index is -0.881. The number of ketones is 1. The normalized spacial score (nSPS) is 23.4. The van der Waals surface area contributed by atoms with Crippen LogP contribution >= 0.6 is 11.6 Å². The van der Waals surface area contributed by atoms with Crippen molar-refractivity contribution in [1.29, 1.82) is 0 Å². The highest BCUT2D eigenvalue weighted by atomic mass is 35.5. The van der Waals surface area contributed by atoms with Gasteiger partial charge in [-0.25, -0.2) is 0 Å². The molecule has 5 nitrogen and oxygen atoms in total. The predicted octanol–water partition coefficient (Wildman–Crippen LogP) is 1.50. The van der Waals surface area contributed by atoms with Gasteiger partial charge in [-0.05, 0) is 35.9 Å². The third-order valence-electron chi connectivity index (χ3n) is 4.87. The highest BCUT2D eigenvalue weighted by molar-refractivity contribution is 6.30. The number of carbonyl (C=O) groups excluding carboxylic acids is 1. The number of aromatic hydroxyl groups is 2. The standard InChI is InChI=1S/C19H20ClNO4/c20-15-4-2-14(3-5-15)19(25)7-9-21(10-8-19)12-18(24)13-1-6-16(22)17(23)11-13/h1-6,11,22-23,25H,7-10,12H2/p+1. The maximum Gasteiger partial charge on any atom is 0.216 e. The van der Waals surface area contributed by atoms with Crippen LogP contribution in [0.1, 0.15) is 28.8 Å². The predicted molar refractivity (Wildman–Crippen MR) is 94.2 cm³/mol. The van der Waals surface area contributed by atoms with Gasteiger partial charge in [0.15, 0.2) is 11.5 Å². The van der Waals surface area contributed by atoms with Gasteiger partial charge in [-0.3, -0.25) is 4.79 Å². The largest absolute Gasteiger partial charge is 0.504 e. The summed E-state index contributed by atoms with van der Waals surface area (Å²) in [5.41, 5.74) is 0.348. The molecule has 1 heterocycles. The molecule has 1 aliphatic heterocycles. The number of aliphatic hydroxyl groups is 1. The molecule has 0 atom stereocenters. The smallest absolute Gasteiger partial charge is 0.216 e. The summed E-state index contributed by atoms with van der Waals surface area (Å²) < 4.78 is 0. The second kappa shape index (κ2) is 7.04. The third kappa shape index (κ3) is 3.95. The molecule has 0 aromatic heterocycles. The van der Waals surface area contributed by atoms with E-state index in [4.69, 9.17) is 11.6 Å². The van der Waals surface area contributed by atoms with Crippen molar-refractivity contribution in [2.45, 2.75) is 18.4 Å². The fourth-order valence-corrected chi connectivity index (χ4v) is 3.39. The van der Waals surface area contributed by atoms with E-state index in [0.717, 1.165) is 10.5 Å². The molecule has 4 N–H and O–H groups in total. The van der Waals surface area contributed by atoms with Gasteiger partial charge in [-0.15, -0.1) is 0 Å². The van der Waals surface area contributed by atoms with Crippen LogP contribution in [0.2, 0.25) is 5.02 Å². The molecule has 1 saturated heterocycles. The average Bonchev–Trinajstić information content (AvgIpc) is 2.60. The quantitative estimate of drug-likeness (QED) is 0.491. The van der Waals surface area contributed by atoms with Crippen molar-refractivity contribution in [3.05, 3.63) is 58.6 Å². The van der Waals surface area contributed by atoms with Gasteiger partial charge in [0.05, 0.1) is 13.1 Å². The summed E-state index contributed by atoms with van der Waals surface area (Å²) in [7, 11) is 0. The SMILES string of the molecule is O=C(C[NH+]1CCC(O)(c2ccc(Cl)cc2)CC1)c1ccc(O)c(O)c1. The number of hydrogen-bond acceptors (Lipinski definition) is 4. The molecule has 0 radical (unpaired) electrons. The van der Waals surface area contributed by atoms with Crippen LogP contribution in [-0.4, -0.2) is 40.7 Å². The van der Waals surface area contributed by atoms with Gasteiger partial charge in [-0.2, -0.15) is 0 Å². The zero-order valence-corrected chi connectivity index (χ0v) is 14.5. The first kappa shape index (κ1) is 17.7. The van der Waals surface area contributed by atoms with E-state index in [-0.39, 0.29) is 17.3 Å². The molecule has 0 bridgehead atoms. The molecule has 2 aromatic rings. The van der Waals surface area contributed by atoms with Crippen LogP contribution in [0.5, 0.6) is 11.5 Å². The number of quaternary nitrogens is 1. The maximum atomic E-state index is 12.4. The summed E-state index contributed by atoms with van der Waals surface area (Å²) in [6, 6.07) is 11.3. The Morgan fingerprint density at radius 2 is 1.68 bits per heavy atom. The van der Waals surface area contributed by atoms with Crippen molar-refractivity contribution < 1.29 is 25.0 Å². The number of rotatable bonds is 4. The lowest BCUT2D eigenvalue weighted by molar-refractivity contribution is -0.899. The van der Waals surface area contributed by atoms with E-state index in [1.165, 1.54) is 18.2 Å². The maximum absolute atomic E-state index is 12.4. The van der Waals surface area contributed by atoms with Crippen molar-refractivity contribution in [2.75, 3.05) is 19.6 Å². The highest BCUT2D eigenvalue weighted by Gasteiger charge is 2.36. The summed E-state index contributed by atoms with van der Waals surface area (Å²) in [5, 5.41) is 30.3. The zero-order valence-electron chi connectivity index (χ0n) is 13.7. The van der Waals surface area contributed by atoms with Gasteiger partial charge >= 0.3 is 0 Å². The molecule has 0 aliphatic carbocycles. The van der Waals surface area contributed by atoms with Crippen molar-refractivity contribution in [1.82, 2.24) is 0 Å². The molecule has 0 unspecified atom stereocenters. The van der Waals surface area contributed by atoms with Gasteiger partial charge in [-0.1, -0.05) is 23.7 Å². The number of piperidine rings is 1.